The van der Waals surface area contributed by atoms with Crippen molar-refractivity contribution in [1.29, 1.82) is 0 Å². The number of rotatable bonds is 4. The van der Waals surface area contributed by atoms with E-state index in [0.29, 0.717) is 5.92 Å². The summed E-state index contributed by atoms with van der Waals surface area (Å²) in [4.78, 5) is 7.79. The van der Waals surface area contributed by atoms with Gasteiger partial charge in [0.2, 0.25) is 11.8 Å². The molecule has 0 bridgehead atoms. The van der Waals surface area contributed by atoms with Gasteiger partial charge in [0.15, 0.2) is 0 Å². The Labute approximate surface area is 163 Å². The van der Waals surface area contributed by atoms with E-state index in [0.717, 1.165) is 11.9 Å². The average molecular weight is 393 g/mol. The number of nitrogens with zero attached hydrogens (tertiary/aromatic N) is 2. The van der Waals surface area contributed by atoms with E-state index in [2.05, 4.69) is 27.4 Å². The molecule has 152 valence electrons. The molecule has 2 aromatic rings. The Morgan fingerprint density at radius 1 is 1.00 bits per heavy atom. The topological polar surface area (TPSA) is 47.0 Å². The summed E-state index contributed by atoms with van der Waals surface area (Å²) in [5.74, 6) is 0.186. The molecular weight excluding hydrogens is 367 g/mol. The first-order valence-corrected chi connectivity index (χ1v) is 9.62. The van der Waals surface area contributed by atoms with Crippen LogP contribution in [0.1, 0.15) is 69.9 Å². The first-order valence-electron chi connectivity index (χ1n) is 9.62. The van der Waals surface area contributed by atoms with Crippen LogP contribution in [0.5, 0.6) is 5.88 Å². The molecule has 0 amide bonds. The first kappa shape index (κ1) is 20.4. The van der Waals surface area contributed by atoms with Crippen molar-refractivity contribution in [2.75, 3.05) is 5.32 Å². The van der Waals surface area contributed by atoms with E-state index in [4.69, 9.17) is 4.74 Å². The lowest BCUT2D eigenvalue weighted by Crippen LogP contribution is -2.26. The Morgan fingerprint density at radius 3 is 2.21 bits per heavy atom. The Morgan fingerprint density at radius 2 is 1.64 bits per heavy atom. The van der Waals surface area contributed by atoms with Crippen LogP contribution in [0.4, 0.5) is 24.8 Å². The van der Waals surface area contributed by atoms with Crippen molar-refractivity contribution in [3.63, 3.8) is 0 Å². The number of hydrogen-bond acceptors (Lipinski definition) is 4. The highest BCUT2D eigenvalue weighted by atomic mass is 19.4. The van der Waals surface area contributed by atoms with E-state index in [-0.39, 0.29) is 5.95 Å². The molecule has 1 aliphatic rings. The summed E-state index contributed by atoms with van der Waals surface area (Å²) >= 11 is 0. The molecule has 3 rings (SSSR count). The highest BCUT2D eigenvalue weighted by molar-refractivity contribution is 5.54. The lowest BCUT2D eigenvalue weighted by Gasteiger charge is -2.23. The van der Waals surface area contributed by atoms with Crippen LogP contribution < -0.4 is 10.1 Å². The van der Waals surface area contributed by atoms with Gasteiger partial charge in [0.1, 0.15) is 11.2 Å². The van der Waals surface area contributed by atoms with Gasteiger partial charge in [-0.2, -0.15) is 18.2 Å². The fraction of sp³-hybridized carbons (Fsp3) is 0.524. The van der Waals surface area contributed by atoms with Crippen molar-refractivity contribution in [3.05, 3.63) is 41.6 Å². The molecule has 0 unspecified atom stereocenters. The van der Waals surface area contributed by atoms with Gasteiger partial charge in [-0.1, -0.05) is 31.4 Å². The van der Waals surface area contributed by atoms with Crippen LogP contribution in [0.3, 0.4) is 0 Å². The Bertz CT molecular complexity index is 792. The molecule has 0 atom stereocenters. The number of hydrogen-bond donors (Lipinski definition) is 1. The van der Waals surface area contributed by atoms with Crippen LogP contribution in [-0.4, -0.2) is 15.6 Å². The van der Waals surface area contributed by atoms with E-state index in [1.165, 1.54) is 37.7 Å². The second-order valence-corrected chi connectivity index (χ2v) is 8.21. The molecule has 0 radical (unpaired) electrons. The van der Waals surface area contributed by atoms with Crippen LogP contribution in [0, 0.1) is 0 Å². The number of nitrogens with one attached hydrogen (secondary N) is 1. The Hall–Kier alpha value is -2.31. The normalized spacial score (nSPS) is 16.1. The Kier molecular flexibility index (Phi) is 5.82. The van der Waals surface area contributed by atoms with Crippen molar-refractivity contribution in [2.24, 2.45) is 0 Å². The highest BCUT2D eigenvalue weighted by Gasteiger charge is 2.37. The van der Waals surface area contributed by atoms with E-state index < -0.39 is 23.2 Å². The second kappa shape index (κ2) is 7.97. The molecule has 1 aliphatic carbocycles. The van der Waals surface area contributed by atoms with Crippen LogP contribution in [0.25, 0.3) is 0 Å². The predicted octanol–water partition coefficient (Wildman–Crippen LogP) is 6.46. The number of benzene rings is 1. The molecule has 0 saturated heterocycles. The maximum absolute atomic E-state index is 13.2. The van der Waals surface area contributed by atoms with Gasteiger partial charge in [0.25, 0.3) is 0 Å². The maximum Gasteiger partial charge on any atom is 0.423 e. The van der Waals surface area contributed by atoms with Crippen molar-refractivity contribution in [1.82, 2.24) is 9.97 Å². The lowest BCUT2D eigenvalue weighted by atomic mass is 9.84. The van der Waals surface area contributed by atoms with E-state index in [9.17, 15) is 13.2 Å². The lowest BCUT2D eigenvalue weighted by molar-refractivity contribution is -0.140. The Balaban J connectivity index is 1.79. The van der Waals surface area contributed by atoms with Gasteiger partial charge in [-0.05, 0) is 57.2 Å². The fourth-order valence-corrected chi connectivity index (χ4v) is 3.39. The summed E-state index contributed by atoms with van der Waals surface area (Å²) in [7, 11) is 0. The zero-order chi connectivity index (χ0) is 20.4. The zero-order valence-electron chi connectivity index (χ0n) is 16.4. The van der Waals surface area contributed by atoms with Gasteiger partial charge in [-0.15, -0.1) is 0 Å². The van der Waals surface area contributed by atoms with Gasteiger partial charge in [0, 0.05) is 11.9 Å². The number of aromatic nitrogens is 2. The molecule has 0 aliphatic heterocycles. The maximum atomic E-state index is 13.2. The highest BCUT2D eigenvalue weighted by Crippen LogP contribution is 2.37. The number of halogens is 3. The minimum Gasteiger partial charge on any atom is -0.471 e. The minimum atomic E-state index is -4.58. The third-order valence-electron chi connectivity index (χ3n) is 4.71. The molecule has 28 heavy (non-hydrogen) atoms. The molecule has 1 aromatic carbocycles. The third kappa shape index (κ3) is 5.36. The number of anilines is 2. The molecule has 1 heterocycles. The predicted molar refractivity (Wildman–Crippen MR) is 103 cm³/mol. The van der Waals surface area contributed by atoms with E-state index >= 15 is 0 Å². The molecular formula is C21H26F3N3O. The standard InChI is InChI=1S/C21H26F3N3O/c1-20(2,3)28-18-17(21(22,23)24)13-25-19(27-18)26-16-11-9-15(10-12-16)14-7-5-4-6-8-14/h9-14H,4-8H2,1-3H3,(H,25,26,27). The van der Waals surface area contributed by atoms with Crippen molar-refractivity contribution >= 4 is 11.6 Å². The molecule has 0 spiro atoms. The van der Waals surface area contributed by atoms with Crippen molar-refractivity contribution < 1.29 is 17.9 Å². The smallest absolute Gasteiger partial charge is 0.423 e. The molecule has 1 fully saturated rings. The monoisotopic (exact) mass is 393 g/mol. The van der Waals surface area contributed by atoms with Crippen LogP contribution in [0.2, 0.25) is 0 Å². The fourth-order valence-electron chi connectivity index (χ4n) is 3.39. The largest absolute Gasteiger partial charge is 0.471 e. The van der Waals surface area contributed by atoms with Crippen LogP contribution >= 0.6 is 0 Å². The molecule has 1 N–H and O–H groups in total. The number of alkyl halides is 3. The minimum absolute atomic E-state index is 0.0673. The average Bonchev–Trinajstić information content (AvgIpc) is 2.61. The van der Waals surface area contributed by atoms with Gasteiger partial charge in [0.05, 0.1) is 0 Å². The summed E-state index contributed by atoms with van der Waals surface area (Å²) in [6.45, 7) is 5.02. The summed E-state index contributed by atoms with van der Waals surface area (Å²) in [6, 6.07) is 7.95. The quantitative estimate of drug-likeness (QED) is 0.647. The SMILES string of the molecule is CC(C)(C)Oc1nc(Nc2ccc(C3CCCCC3)cc2)ncc1C(F)(F)F. The molecule has 4 nitrogen and oxygen atoms in total. The summed E-state index contributed by atoms with van der Waals surface area (Å²) in [5.41, 5.74) is 0.227. The molecule has 1 saturated carbocycles. The van der Waals surface area contributed by atoms with E-state index in [1.54, 1.807) is 20.8 Å². The zero-order valence-corrected chi connectivity index (χ0v) is 16.4. The molecule has 7 heteroatoms. The number of ether oxygens (including phenoxy) is 1. The van der Waals surface area contributed by atoms with Gasteiger partial charge >= 0.3 is 6.18 Å². The summed E-state index contributed by atoms with van der Waals surface area (Å²) in [6.07, 6.45) is 2.43. The van der Waals surface area contributed by atoms with Crippen LogP contribution in [-0.2, 0) is 6.18 Å². The van der Waals surface area contributed by atoms with Crippen molar-refractivity contribution in [2.45, 2.75) is 70.6 Å². The third-order valence-corrected chi connectivity index (χ3v) is 4.71. The second-order valence-electron chi connectivity index (χ2n) is 8.21. The first-order chi connectivity index (χ1) is 13.1. The van der Waals surface area contributed by atoms with E-state index in [1.807, 2.05) is 12.1 Å². The summed E-state index contributed by atoms with van der Waals surface area (Å²) in [5, 5.41) is 2.97. The van der Waals surface area contributed by atoms with Gasteiger partial charge < -0.3 is 10.1 Å². The molecule has 1 aromatic heterocycles. The van der Waals surface area contributed by atoms with Gasteiger partial charge in [-0.25, -0.2) is 4.98 Å². The summed E-state index contributed by atoms with van der Waals surface area (Å²) < 4.78 is 45.1. The van der Waals surface area contributed by atoms with Crippen LogP contribution in [0.15, 0.2) is 30.5 Å². The van der Waals surface area contributed by atoms with Gasteiger partial charge in [-0.3, -0.25) is 0 Å². The van der Waals surface area contributed by atoms with Crippen molar-refractivity contribution in [3.8, 4) is 5.88 Å².